The van der Waals surface area contributed by atoms with Gasteiger partial charge in [-0.05, 0) is 32.1 Å². The summed E-state index contributed by atoms with van der Waals surface area (Å²) in [6.45, 7) is 5.00. The number of hydrogen-bond acceptors (Lipinski definition) is 3. The highest BCUT2D eigenvalue weighted by atomic mass is 16.5. The first-order valence-electron chi connectivity index (χ1n) is 5.31. The van der Waals surface area contributed by atoms with Gasteiger partial charge in [0.25, 0.3) is 0 Å². The van der Waals surface area contributed by atoms with Crippen molar-refractivity contribution < 1.29 is 9.47 Å². The fourth-order valence-corrected chi connectivity index (χ4v) is 2.10. The molecule has 0 aromatic rings. The second kappa shape index (κ2) is 4.40. The summed E-state index contributed by atoms with van der Waals surface area (Å²) in [5.74, 6) is 0.802. The summed E-state index contributed by atoms with van der Waals surface area (Å²) >= 11 is 0. The van der Waals surface area contributed by atoms with Gasteiger partial charge in [0.2, 0.25) is 0 Å². The van der Waals surface area contributed by atoms with Crippen LogP contribution in [0.15, 0.2) is 0 Å². The van der Waals surface area contributed by atoms with Crippen molar-refractivity contribution in [2.75, 3.05) is 19.8 Å². The van der Waals surface area contributed by atoms with Gasteiger partial charge in [0.05, 0.1) is 6.10 Å². The van der Waals surface area contributed by atoms with Crippen molar-refractivity contribution in [2.45, 2.75) is 38.5 Å². The maximum atomic E-state index is 5.71. The van der Waals surface area contributed by atoms with Crippen LogP contribution >= 0.6 is 0 Å². The van der Waals surface area contributed by atoms with Crippen LogP contribution in [0.25, 0.3) is 0 Å². The minimum Gasteiger partial charge on any atom is -0.381 e. The van der Waals surface area contributed by atoms with E-state index in [4.69, 9.17) is 9.47 Å². The van der Waals surface area contributed by atoms with Crippen molar-refractivity contribution in [3.8, 4) is 0 Å². The van der Waals surface area contributed by atoms with Gasteiger partial charge >= 0.3 is 0 Å². The Morgan fingerprint density at radius 2 is 2.08 bits per heavy atom. The van der Waals surface area contributed by atoms with Gasteiger partial charge in [0, 0.05) is 19.8 Å². The van der Waals surface area contributed by atoms with Gasteiger partial charge < -0.3 is 9.47 Å². The summed E-state index contributed by atoms with van der Waals surface area (Å²) in [4.78, 5) is 0. The normalized spacial score (nSPS) is 36.7. The van der Waals surface area contributed by atoms with Crippen molar-refractivity contribution in [1.82, 2.24) is 5.32 Å². The van der Waals surface area contributed by atoms with Gasteiger partial charge in [-0.2, -0.15) is 0 Å². The van der Waals surface area contributed by atoms with E-state index in [1.54, 1.807) is 0 Å². The molecule has 0 aliphatic carbocycles. The predicted octanol–water partition coefficient (Wildman–Crippen LogP) is 1.14. The summed E-state index contributed by atoms with van der Waals surface area (Å²) in [6, 6.07) is 0. The summed E-state index contributed by atoms with van der Waals surface area (Å²) in [5.41, 5.74) is 0. The first-order chi connectivity index (χ1) is 6.34. The van der Waals surface area contributed by atoms with Gasteiger partial charge in [-0.15, -0.1) is 0 Å². The zero-order valence-corrected chi connectivity index (χ0v) is 8.29. The molecule has 0 bridgehead atoms. The van der Waals surface area contributed by atoms with Crippen molar-refractivity contribution in [3.05, 3.63) is 0 Å². The van der Waals surface area contributed by atoms with Crippen molar-refractivity contribution >= 4 is 0 Å². The molecule has 2 unspecified atom stereocenters. The van der Waals surface area contributed by atoms with Crippen LogP contribution in [0, 0.1) is 5.92 Å². The average Bonchev–Trinajstić information content (AvgIpc) is 2.53. The minimum absolute atomic E-state index is 0.304. The van der Waals surface area contributed by atoms with Crippen molar-refractivity contribution in [3.63, 3.8) is 0 Å². The third-order valence-electron chi connectivity index (χ3n) is 2.92. The summed E-state index contributed by atoms with van der Waals surface area (Å²) in [5, 5.41) is 3.39. The molecule has 2 fully saturated rings. The Hall–Kier alpha value is -0.120. The highest BCUT2D eigenvalue weighted by molar-refractivity contribution is 4.74. The highest BCUT2D eigenvalue weighted by Gasteiger charge is 2.25. The summed E-state index contributed by atoms with van der Waals surface area (Å²) in [6.07, 6.45) is 4.27. The van der Waals surface area contributed by atoms with E-state index in [9.17, 15) is 0 Å². The smallest absolute Gasteiger partial charge is 0.108 e. The molecule has 2 heterocycles. The molecule has 2 aliphatic heterocycles. The lowest BCUT2D eigenvalue weighted by Gasteiger charge is -2.24. The molecule has 0 saturated carbocycles. The molecule has 3 heteroatoms. The van der Waals surface area contributed by atoms with Crippen LogP contribution < -0.4 is 5.32 Å². The van der Waals surface area contributed by atoms with Gasteiger partial charge in [0.15, 0.2) is 0 Å². The zero-order chi connectivity index (χ0) is 9.10. The average molecular weight is 185 g/mol. The quantitative estimate of drug-likeness (QED) is 0.699. The molecule has 0 aromatic heterocycles. The van der Waals surface area contributed by atoms with E-state index in [0.29, 0.717) is 12.3 Å². The van der Waals surface area contributed by atoms with Gasteiger partial charge in [-0.3, -0.25) is 5.32 Å². The Kier molecular flexibility index (Phi) is 3.19. The second-order valence-electron chi connectivity index (χ2n) is 4.14. The molecule has 0 aromatic carbocycles. The molecular weight excluding hydrogens is 166 g/mol. The van der Waals surface area contributed by atoms with Crippen LogP contribution in [0.3, 0.4) is 0 Å². The largest absolute Gasteiger partial charge is 0.381 e. The molecular formula is C10H19NO2. The molecule has 2 aliphatic rings. The number of rotatable bonds is 2. The Bertz CT molecular complexity index is 154. The maximum Gasteiger partial charge on any atom is 0.108 e. The number of ether oxygens (including phenoxy) is 2. The molecule has 2 atom stereocenters. The van der Waals surface area contributed by atoms with Crippen LogP contribution in [-0.2, 0) is 9.47 Å². The third-order valence-corrected chi connectivity index (χ3v) is 2.92. The molecule has 0 spiro atoms. The first-order valence-corrected chi connectivity index (χ1v) is 5.31. The van der Waals surface area contributed by atoms with Crippen LogP contribution in [0.4, 0.5) is 0 Å². The lowest BCUT2D eigenvalue weighted by Crippen LogP contribution is -2.28. The van der Waals surface area contributed by atoms with E-state index in [0.717, 1.165) is 32.1 Å². The van der Waals surface area contributed by atoms with E-state index in [2.05, 4.69) is 12.2 Å². The fraction of sp³-hybridized carbons (Fsp3) is 1.00. The van der Waals surface area contributed by atoms with Crippen LogP contribution in [-0.4, -0.2) is 32.1 Å². The van der Waals surface area contributed by atoms with Crippen molar-refractivity contribution in [2.24, 2.45) is 5.92 Å². The van der Waals surface area contributed by atoms with E-state index in [-0.39, 0.29) is 0 Å². The Morgan fingerprint density at radius 1 is 1.31 bits per heavy atom. The molecule has 2 saturated heterocycles. The summed E-state index contributed by atoms with van der Waals surface area (Å²) in [7, 11) is 0. The molecule has 1 N–H and O–H groups in total. The zero-order valence-electron chi connectivity index (χ0n) is 8.29. The standard InChI is InChI=1S/C10H19NO2/c1-8-7-11-10(13-8)6-9-2-4-12-5-3-9/h8-11H,2-7H2,1H3. The molecule has 0 radical (unpaired) electrons. The minimum atomic E-state index is 0.304. The third kappa shape index (κ3) is 2.66. The summed E-state index contributed by atoms with van der Waals surface area (Å²) < 4.78 is 11.0. The molecule has 76 valence electrons. The molecule has 2 rings (SSSR count). The Morgan fingerprint density at radius 3 is 2.69 bits per heavy atom. The van der Waals surface area contributed by atoms with E-state index in [1.165, 1.54) is 12.8 Å². The molecule has 3 nitrogen and oxygen atoms in total. The first kappa shape index (κ1) is 9.44. The highest BCUT2D eigenvalue weighted by Crippen LogP contribution is 2.22. The Balaban J connectivity index is 1.71. The SMILES string of the molecule is CC1CNC(CC2CCOCC2)O1. The maximum absolute atomic E-state index is 5.71. The fourth-order valence-electron chi connectivity index (χ4n) is 2.10. The second-order valence-corrected chi connectivity index (χ2v) is 4.14. The van der Waals surface area contributed by atoms with Crippen molar-refractivity contribution in [1.29, 1.82) is 0 Å². The number of nitrogens with one attached hydrogen (secondary N) is 1. The lowest BCUT2D eigenvalue weighted by molar-refractivity contribution is 0.00936. The number of hydrogen-bond donors (Lipinski definition) is 1. The molecule has 13 heavy (non-hydrogen) atoms. The van der Waals surface area contributed by atoms with Crippen LogP contribution in [0.1, 0.15) is 26.2 Å². The van der Waals surface area contributed by atoms with E-state index >= 15 is 0 Å². The van der Waals surface area contributed by atoms with Crippen LogP contribution in [0.5, 0.6) is 0 Å². The van der Waals surface area contributed by atoms with Gasteiger partial charge in [0.1, 0.15) is 6.23 Å². The van der Waals surface area contributed by atoms with E-state index in [1.807, 2.05) is 0 Å². The van der Waals surface area contributed by atoms with Crippen LogP contribution in [0.2, 0.25) is 0 Å². The Labute approximate surface area is 79.8 Å². The molecule has 0 amide bonds. The topological polar surface area (TPSA) is 30.5 Å². The van der Waals surface area contributed by atoms with E-state index < -0.39 is 0 Å². The van der Waals surface area contributed by atoms with Gasteiger partial charge in [-0.1, -0.05) is 0 Å². The predicted molar refractivity (Wildman–Crippen MR) is 50.5 cm³/mol. The monoisotopic (exact) mass is 185 g/mol. The van der Waals surface area contributed by atoms with Gasteiger partial charge in [-0.25, -0.2) is 0 Å². The lowest BCUT2D eigenvalue weighted by atomic mass is 9.96.